The molecule has 9 heteroatoms. The van der Waals surface area contributed by atoms with Gasteiger partial charge in [-0.25, -0.2) is 17.9 Å². The van der Waals surface area contributed by atoms with E-state index in [9.17, 15) is 13.6 Å². The second kappa shape index (κ2) is 5.86. The maximum atomic E-state index is 13.2. The molecule has 2 rings (SSSR count). The number of nitrogens with zero attached hydrogens (tertiary/aromatic N) is 1. The molecule has 3 N–H and O–H groups in total. The van der Waals surface area contributed by atoms with Gasteiger partial charge in [0.15, 0.2) is 11.6 Å². The number of halogens is 3. The largest absolute Gasteiger partial charge is 0.397 e. The molecule has 0 bridgehead atoms. The van der Waals surface area contributed by atoms with Gasteiger partial charge in [0.2, 0.25) is 0 Å². The summed E-state index contributed by atoms with van der Waals surface area (Å²) in [5.74, 6) is -2.23. The number of nitrogen functional groups attached to an aromatic ring is 1. The second-order valence-electron chi connectivity index (χ2n) is 3.70. The van der Waals surface area contributed by atoms with E-state index in [0.29, 0.717) is 10.7 Å². The molecule has 0 saturated heterocycles. The van der Waals surface area contributed by atoms with E-state index >= 15 is 0 Å². The van der Waals surface area contributed by atoms with Crippen molar-refractivity contribution in [1.29, 1.82) is 0 Å². The van der Waals surface area contributed by atoms with Gasteiger partial charge in [0, 0.05) is 22.9 Å². The zero-order valence-corrected chi connectivity index (χ0v) is 12.2. The molecule has 0 unspecified atom stereocenters. The van der Waals surface area contributed by atoms with Crippen LogP contribution in [0.2, 0.25) is 5.02 Å². The summed E-state index contributed by atoms with van der Waals surface area (Å²) >= 11 is 11.1. The highest BCUT2D eigenvalue weighted by atomic mass is 35.5. The zero-order valence-electron chi connectivity index (χ0n) is 9.73. The molecule has 1 aromatic carbocycles. The van der Waals surface area contributed by atoms with Crippen LogP contribution in [-0.4, -0.2) is 6.03 Å². The van der Waals surface area contributed by atoms with Gasteiger partial charge in [-0.1, -0.05) is 24.4 Å². The van der Waals surface area contributed by atoms with Gasteiger partial charge in [-0.2, -0.15) is 0 Å². The molecule has 0 radical (unpaired) electrons. The maximum absolute atomic E-state index is 13.2. The van der Waals surface area contributed by atoms with Crippen LogP contribution in [0.15, 0.2) is 22.9 Å². The van der Waals surface area contributed by atoms with Gasteiger partial charge >= 0.3 is 6.03 Å². The summed E-state index contributed by atoms with van der Waals surface area (Å²) in [5, 5.41) is 6.08. The van der Waals surface area contributed by atoms with Crippen molar-refractivity contribution >= 4 is 58.8 Å². The van der Waals surface area contributed by atoms with Crippen LogP contribution in [0, 0.1) is 11.6 Å². The lowest BCUT2D eigenvalue weighted by Gasteiger charge is -2.18. The Bertz CT molecular complexity index is 665. The van der Waals surface area contributed by atoms with Crippen LogP contribution < -0.4 is 15.4 Å². The summed E-state index contributed by atoms with van der Waals surface area (Å²) in [4.78, 5) is 11.9. The van der Waals surface area contributed by atoms with Crippen LogP contribution >= 0.6 is 35.8 Å². The van der Waals surface area contributed by atoms with Gasteiger partial charge in [-0.15, -0.1) is 11.3 Å². The number of anilines is 3. The summed E-state index contributed by atoms with van der Waals surface area (Å²) in [7, 11) is 0. The predicted octanol–water partition coefficient (Wildman–Crippen LogP) is 4.15. The van der Waals surface area contributed by atoms with E-state index in [1.54, 1.807) is 10.8 Å². The first kappa shape index (κ1) is 14.9. The minimum atomic E-state index is -1.13. The number of thiophene rings is 1. The van der Waals surface area contributed by atoms with Crippen LogP contribution in [0.5, 0.6) is 0 Å². The lowest BCUT2D eigenvalue weighted by Crippen LogP contribution is -2.27. The lowest BCUT2D eigenvalue weighted by molar-refractivity contribution is 0.260. The highest BCUT2D eigenvalue weighted by Crippen LogP contribution is 2.30. The Kier molecular flexibility index (Phi) is 4.36. The van der Waals surface area contributed by atoms with Crippen LogP contribution in [0.3, 0.4) is 0 Å². The monoisotopic (exact) mass is 335 g/mol. The highest BCUT2D eigenvalue weighted by molar-refractivity contribution is 7.82. The Morgan fingerprint density at radius 3 is 2.60 bits per heavy atom. The van der Waals surface area contributed by atoms with Crippen molar-refractivity contribution in [3.63, 3.8) is 0 Å². The van der Waals surface area contributed by atoms with Crippen molar-refractivity contribution < 1.29 is 13.6 Å². The smallest absolute Gasteiger partial charge is 0.336 e. The number of carbonyl (C=O) groups is 1. The lowest BCUT2D eigenvalue weighted by atomic mass is 10.2. The molecule has 20 heavy (non-hydrogen) atoms. The summed E-state index contributed by atoms with van der Waals surface area (Å²) in [6.07, 6.45) is 0. The molecule has 0 fully saturated rings. The normalized spacial score (nSPS) is 10.4. The van der Waals surface area contributed by atoms with E-state index in [2.05, 4.69) is 18.1 Å². The molecule has 4 nitrogen and oxygen atoms in total. The number of carbonyl (C=O) groups excluding carboxylic acids is 1. The fourth-order valence-corrected chi connectivity index (χ4v) is 2.56. The van der Waals surface area contributed by atoms with E-state index in [0.717, 1.165) is 16.4 Å². The average molecular weight is 336 g/mol. The molecule has 0 aliphatic heterocycles. The molecule has 106 valence electrons. The minimum Gasteiger partial charge on any atom is -0.397 e. The number of hydrogen-bond donors (Lipinski definition) is 3. The molecule has 0 atom stereocenters. The molecule has 0 saturated carbocycles. The first-order chi connectivity index (χ1) is 9.40. The summed E-state index contributed by atoms with van der Waals surface area (Å²) in [6.45, 7) is 0. The molecular formula is C11H8ClF2N3OS2. The van der Waals surface area contributed by atoms with Gasteiger partial charge in [-0.3, -0.25) is 0 Å². The number of rotatable bonds is 2. The molecule has 1 aromatic heterocycles. The molecule has 0 aliphatic carbocycles. The van der Waals surface area contributed by atoms with Gasteiger partial charge < -0.3 is 11.1 Å². The van der Waals surface area contributed by atoms with E-state index in [-0.39, 0.29) is 11.4 Å². The standard InChI is InChI=1S/C11H8ClF2N3OS2/c12-5-3-20-4-9(5)16-11(18)17(19)10-2-7(14)6(13)1-8(10)15/h1-4,19H,15H2,(H,16,18). The van der Waals surface area contributed by atoms with Gasteiger partial charge in [-0.05, 0) is 0 Å². The first-order valence-corrected chi connectivity index (χ1v) is 6.88. The fourth-order valence-electron chi connectivity index (χ4n) is 1.38. The SMILES string of the molecule is Nc1cc(F)c(F)cc1N(S)C(=O)Nc1cscc1Cl. The summed E-state index contributed by atoms with van der Waals surface area (Å²) in [5.41, 5.74) is 5.73. The van der Waals surface area contributed by atoms with E-state index in [1.807, 2.05) is 0 Å². The predicted molar refractivity (Wildman–Crippen MR) is 80.6 cm³/mol. The van der Waals surface area contributed by atoms with Crippen LogP contribution in [0.1, 0.15) is 0 Å². The van der Waals surface area contributed by atoms with Crippen molar-refractivity contribution in [2.45, 2.75) is 0 Å². The third kappa shape index (κ3) is 2.97. The number of thiol groups is 1. The number of nitrogens with one attached hydrogen (secondary N) is 1. The van der Waals surface area contributed by atoms with E-state index < -0.39 is 17.7 Å². The number of urea groups is 1. The Hall–Kier alpha value is -1.51. The quantitative estimate of drug-likeness (QED) is 0.570. The van der Waals surface area contributed by atoms with Crippen molar-refractivity contribution in [2.24, 2.45) is 0 Å². The van der Waals surface area contributed by atoms with Crippen LogP contribution in [0.25, 0.3) is 0 Å². The number of benzene rings is 1. The topological polar surface area (TPSA) is 58.4 Å². The maximum Gasteiger partial charge on any atom is 0.336 e. The average Bonchev–Trinajstić information content (AvgIpc) is 2.78. The minimum absolute atomic E-state index is 0.0731. The molecule has 0 aliphatic rings. The second-order valence-corrected chi connectivity index (χ2v) is 5.25. The molecular weight excluding hydrogens is 328 g/mol. The van der Waals surface area contributed by atoms with Crippen LogP contribution in [0.4, 0.5) is 30.6 Å². The van der Waals surface area contributed by atoms with Gasteiger partial charge in [0.25, 0.3) is 0 Å². The number of amides is 2. The van der Waals surface area contributed by atoms with E-state index in [4.69, 9.17) is 17.3 Å². The molecule has 2 aromatic rings. The van der Waals surface area contributed by atoms with Crippen molar-refractivity contribution in [1.82, 2.24) is 0 Å². The van der Waals surface area contributed by atoms with Crippen molar-refractivity contribution in [3.8, 4) is 0 Å². The third-order valence-corrected chi connectivity index (χ3v) is 3.93. The Morgan fingerprint density at radius 1 is 1.35 bits per heavy atom. The summed E-state index contributed by atoms with van der Waals surface area (Å²) in [6, 6.07) is 0.858. The number of nitrogens with two attached hydrogens (primary N) is 1. The van der Waals surface area contributed by atoms with Crippen molar-refractivity contribution in [3.05, 3.63) is 39.5 Å². The first-order valence-electron chi connectivity index (χ1n) is 5.16. The Morgan fingerprint density at radius 2 is 2.00 bits per heavy atom. The van der Waals surface area contributed by atoms with Crippen LogP contribution in [-0.2, 0) is 0 Å². The Labute approximate surface area is 127 Å². The van der Waals surface area contributed by atoms with E-state index in [1.165, 1.54) is 11.3 Å². The highest BCUT2D eigenvalue weighted by Gasteiger charge is 2.18. The summed E-state index contributed by atoms with van der Waals surface area (Å²) < 4.78 is 26.9. The number of hydrogen-bond acceptors (Lipinski definition) is 4. The van der Waals surface area contributed by atoms with Crippen molar-refractivity contribution in [2.75, 3.05) is 15.4 Å². The fraction of sp³-hybridized carbons (Fsp3) is 0. The van der Waals surface area contributed by atoms with Gasteiger partial charge in [0.05, 0.1) is 22.1 Å². The zero-order chi connectivity index (χ0) is 14.9. The molecule has 2 amide bonds. The van der Waals surface area contributed by atoms with Gasteiger partial charge in [0.1, 0.15) is 0 Å². The molecule has 0 spiro atoms. The Balaban J connectivity index is 2.23. The third-order valence-electron chi connectivity index (χ3n) is 2.35. The molecule has 1 heterocycles.